The number of thiazole rings is 1. The van der Waals surface area contributed by atoms with Crippen molar-refractivity contribution in [3.05, 3.63) is 104 Å². The molecule has 2 aromatic heterocycles. The number of hydrogen-bond donors (Lipinski definition) is 1. The Labute approximate surface area is 199 Å². The van der Waals surface area contributed by atoms with Crippen LogP contribution in [0.25, 0.3) is 17.4 Å². The number of nitrogens with one attached hydrogen (secondary N) is 1. The number of aryl methyl sites for hydroxylation is 1. The highest BCUT2D eigenvalue weighted by atomic mass is 32.1. The predicted octanol–water partition coefficient (Wildman–Crippen LogP) is 5.76. The highest BCUT2D eigenvalue weighted by molar-refractivity contribution is 7.15. The number of nitro benzene ring substituents is 1. The third kappa shape index (κ3) is 5.43. The Morgan fingerprint density at radius 2 is 2.03 bits per heavy atom. The van der Waals surface area contributed by atoms with Gasteiger partial charge in [-0.3, -0.25) is 20.2 Å². The molecule has 9 heteroatoms. The standard InChI is InChI=1S/C25H18N4O4S/c1-16-5-7-17(8-6-16)11-22-15-27-25(34-22)28-24(30)19(14-26)13-21-9-10-23(33-21)18-3-2-4-20(12-18)29(31)32/h2-10,12-13,15H,11H2,1H3,(H,27,28,30)/b19-13-. The van der Waals surface area contributed by atoms with Crippen LogP contribution < -0.4 is 5.32 Å². The van der Waals surface area contributed by atoms with Gasteiger partial charge in [0.2, 0.25) is 0 Å². The zero-order chi connectivity index (χ0) is 24.1. The lowest BCUT2D eigenvalue weighted by Crippen LogP contribution is -2.13. The van der Waals surface area contributed by atoms with Crippen LogP contribution in [0.3, 0.4) is 0 Å². The van der Waals surface area contributed by atoms with Crippen LogP contribution in [0, 0.1) is 28.4 Å². The maximum absolute atomic E-state index is 12.6. The topological polar surface area (TPSA) is 122 Å². The molecule has 0 bridgehead atoms. The second-order valence-corrected chi connectivity index (χ2v) is 8.54. The quantitative estimate of drug-likeness (QED) is 0.159. The first-order valence-electron chi connectivity index (χ1n) is 10.2. The summed E-state index contributed by atoms with van der Waals surface area (Å²) in [6.45, 7) is 2.03. The summed E-state index contributed by atoms with van der Waals surface area (Å²) in [5.41, 5.74) is 2.62. The molecule has 0 saturated carbocycles. The van der Waals surface area contributed by atoms with Gasteiger partial charge in [-0.25, -0.2) is 4.98 Å². The Balaban J connectivity index is 1.45. The van der Waals surface area contributed by atoms with Crippen LogP contribution in [0.15, 0.2) is 76.9 Å². The van der Waals surface area contributed by atoms with Crippen molar-refractivity contribution in [2.45, 2.75) is 13.3 Å². The van der Waals surface area contributed by atoms with E-state index in [9.17, 15) is 20.2 Å². The summed E-state index contributed by atoms with van der Waals surface area (Å²) in [5, 5.41) is 23.5. The largest absolute Gasteiger partial charge is 0.457 e. The fourth-order valence-corrected chi connectivity index (χ4v) is 4.01. The Bertz CT molecular complexity index is 1430. The zero-order valence-corrected chi connectivity index (χ0v) is 18.8. The molecular formula is C25H18N4O4S. The van der Waals surface area contributed by atoms with Gasteiger partial charge in [0.25, 0.3) is 11.6 Å². The zero-order valence-electron chi connectivity index (χ0n) is 18.0. The lowest BCUT2D eigenvalue weighted by molar-refractivity contribution is -0.384. The minimum Gasteiger partial charge on any atom is -0.457 e. The molecule has 0 saturated heterocycles. The number of amides is 1. The van der Waals surface area contributed by atoms with Gasteiger partial charge in [-0.1, -0.05) is 42.0 Å². The minimum absolute atomic E-state index is 0.0618. The molecule has 2 aromatic carbocycles. The Hall–Kier alpha value is -4.55. The number of nitro groups is 1. The fraction of sp³-hybridized carbons (Fsp3) is 0.0800. The molecule has 1 amide bonds. The average molecular weight is 471 g/mol. The summed E-state index contributed by atoms with van der Waals surface area (Å²) in [6, 6.07) is 19.3. The molecule has 4 rings (SSSR count). The monoisotopic (exact) mass is 470 g/mol. The van der Waals surface area contributed by atoms with Gasteiger partial charge in [0.15, 0.2) is 5.13 Å². The SMILES string of the molecule is Cc1ccc(Cc2cnc(NC(=O)/C(C#N)=C\c3ccc(-c4cccc([N+](=O)[O-])c4)o3)s2)cc1. The molecule has 0 aliphatic heterocycles. The maximum Gasteiger partial charge on any atom is 0.270 e. The average Bonchev–Trinajstić information content (AvgIpc) is 3.48. The van der Waals surface area contributed by atoms with Crippen LogP contribution in [0.4, 0.5) is 10.8 Å². The van der Waals surface area contributed by atoms with E-state index >= 15 is 0 Å². The van der Waals surface area contributed by atoms with Crippen LogP contribution in [0.2, 0.25) is 0 Å². The van der Waals surface area contributed by atoms with E-state index in [1.807, 2.05) is 25.1 Å². The fourth-order valence-electron chi connectivity index (χ4n) is 3.17. The molecule has 168 valence electrons. The second-order valence-electron chi connectivity index (χ2n) is 7.43. The van der Waals surface area contributed by atoms with Crippen molar-refractivity contribution < 1.29 is 14.1 Å². The van der Waals surface area contributed by atoms with Gasteiger partial charge < -0.3 is 4.42 Å². The Morgan fingerprint density at radius 1 is 1.24 bits per heavy atom. The predicted molar refractivity (Wildman–Crippen MR) is 129 cm³/mol. The van der Waals surface area contributed by atoms with E-state index in [1.165, 1.54) is 35.1 Å². The van der Waals surface area contributed by atoms with Gasteiger partial charge in [0, 0.05) is 41.3 Å². The molecule has 0 fully saturated rings. The third-order valence-electron chi connectivity index (χ3n) is 4.89. The molecule has 8 nitrogen and oxygen atoms in total. The summed E-state index contributed by atoms with van der Waals surface area (Å²) in [7, 11) is 0. The van der Waals surface area contributed by atoms with Crippen molar-refractivity contribution in [2.24, 2.45) is 0 Å². The molecule has 2 heterocycles. The number of carbonyl (C=O) groups excluding carboxylic acids is 1. The first-order chi connectivity index (χ1) is 16.4. The first-order valence-corrected chi connectivity index (χ1v) is 11.0. The molecule has 0 atom stereocenters. The van der Waals surface area contributed by atoms with E-state index in [0.29, 0.717) is 22.9 Å². The highest BCUT2D eigenvalue weighted by Crippen LogP contribution is 2.27. The van der Waals surface area contributed by atoms with Crippen molar-refractivity contribution in [1.29, 1.82) is 5.26 Å². The normalized spacial score (nSPS) is 11.1. The van der Waals surface area contributed by atoms with Gasteiger partial charge in [-0.05, 0) is 24.6 Å². The van der Waals surface area contributed by atoms with Crippen molar-refractivity contribution >= 4 is 34.1 Å². The van der Waals surface area contributed by atoms with Crippen molar-refractivity contribution in [2.75, 3.05) is 5.32 Å². The van der Waals surface area contributed by atoms with Gasteiger partial charge in [-0.2, -0.15) is 5.26 Å². The molecular weight excluding hydrogens is 452 g/mol. The van der Waals surface area contributed by atoms with E-state index in [2.05, 4.69) is 22.4 Å². The number of furan rings is 1. The highest BCUT2D eigenvalue weighted by Gasteiger charge is 2.14. The number of benzene rings is 2. The van der Waals surface area contributed by atoms with Gasteiger partial charge in [0.05, 0.1) is 4.92 Å². The summed E-state index contributed by atoms with van der Waals surface area (Å²) in [4.78, 5) is 28.3. The van der Waals surface area contributed by atoms with Crippen LogP contribution in [0.5, 0.6) is 0 Å². The van der Waals surface area contributed by atoms with Crippen molar-refractivity contribution in [1.82, 2.24) is 4.98 Å². The number of nitrogens with zero attached hydrogens (tertiary/aromatic N) is 3. The first kappa shape index (κ1) is 22.6. The number of aromatic nitrogens is 1. The van der Waals surface area contributed by atoms with E-state index in [-0.39, 0.29) is 17.0 Å². The molecule has 0 spiro atoms. The second kappa shape index (κ2) is 9.94. The lowest BCUT2D eigenvalue weighted by Gasteiger charge is -2.00. The van der Waals surface area contributed by atoms with Crippen LogP contribution in [0.1, 0.15) is 21.8 Å². The number of carbonyl (C=O) groups is 1. The van der Waals surface area contributed by atoms with Crippen LogP contribution in [-0.2, 0) is 11.2 Å². The number of non-ortho nitro benzene ring substituents is 1. The number of nitriles is 1. The van der Waals surface area contributed by atoms with Gasteiger partial charge in [0.1, 0.15) is 23.2 Å². The summed E-state index contributed by atoms with van der Waals surface area (Å²) < 4.78 is 5.67. The molecule has 34 heavy (non-hydrogen) atoms. The molecule has 4 aromatic rings. The van der Waals surface area contributed by atoms with Crippen LogP contribution >= 0.6 is 11.3 Å². The number of rotatable bonds is 7. The van der Waals surface area contributed by atoms with Crippen LogP contribution in [-0.4, -0.2) is 15.8 Å². The van der Waals surface area contributed by atoms with Crippen molar-refractivity contribution in [3.63, 3.8) is 0 Å². The summed E-state index contributed by atoms with van der Waals surface area (Å²) in [6.07, 6.45) is 3.71. The van der Waals surface area contributed by atoms with E-state index in [4.69, 9.17) is 4.42 Å². The molecule has 0 radical (unpaired) electrons. The van der Waals surface area contributed by atoms with Gasteiger partial charge in [-0.15, -0.1) is 11.3 Å². The van der Waals surface area contributed by atoms with E-state index in [1.54, 1.807) is 30.5 Å². The Morgan fingerprint density at radius 3 is 2.76 bits per heavy atom. The minimum atomic E-state index is -0.605. The van der Waals surface area contributed by atoms with Crippen molar-refractivity contribution in [3.8, 4) is 17.4 Å². The maximum atomic E-state index is 12.6. The molecule has 0 aliphatic rings. The molecule has 0 unspecified atom stereocenters. The smallest absolute Gasteiger partial charge is 0.270 e. The van der Waals surface area contributed by atoms with Gasteiger partial charge >= 0.3 is 0 Å². The third-order valence-corrected chi connectivity index (χ3v) is 5.81. The molecule has 1 N–H and O–H groups in total. The summed E-state index contributed by atoms with van der Waals surface area (Å²) in [5.74, 6) is 0.0489. The number of anilines is 1. The van der Waals surface area contributed by atoms with E-state index in [0.717, 1.165) is 10.4 Å². The molecule has 0 aliphatic carbocycles. The van der Waals surface area contributed by atoms with E-state index < -0.39 is 10.8 Å². The summed E-state index contributed by atoms with van der Waals surface area (Å²) >= 11 is 1.34. The number of hydrogen-bond acceptors (Lipinski definition) is 7. The Kier molecular flexibility index (Phi) is 6.62. The lowest BCUT2D eigenvalue weighted by atomic mass is 10.1.